The molecule has 0 spiro atoms. The maximum atomic E-state index is 13.1. The van der Waals surface area contributed by atoms with E-state index in [2.05, 4.69) is 5.32 Å². The van der Waals surface area contributed by atoms with Crippen molar-refractivity contribution in [2.75, 3.05) is 26.3 Å². The quantitative estimate of drug-likeness (QED) is 0.578. The first-order valence-electron chi connectivity index (χ1n) is 11.5. The van der Waals surface area contributed by atoms with Gasteiger partial charge in [0.1, 0.15) is 12.6 Å². The summed E-state index contributed by atoms with van der Waals surface area (Å²) in [5, 5.41) is 21.5. The first-order chi connectivity index (χ1) is 16.2. The number of alkyl carbamates (subject to hydrolysis) is 1. The number of likely N-dealkylation sites (tertiary alicyclic amines) is 1. The Morgan fingerprint density at radius 3 is 2.24 bits per heavy atom. The van der Waals surface area contributed by atoms with E-state index in [0.29, 0.717) is 13.1 Å². The van der Waals surface area contributed by atoms with Crippen molar-refractivity contribution in [2.24, 2.45) is 11.3 Å². The smallest absolute Gasteiger partial charge is 0.407 e. The van der Waals surface area contributed by atoms with Gasteiger partial charge < -0.3 is 25.2 Å². The predicted molar refractivity (Wildman–Crippen MR) is 125 cm³/mol. The molecule has 2 aromatic carbocycles. The van der Waals surface area contributed by atoms with Crippen molar-refractivity contribution in [3.63, 3.8) is 0 Å². The number of carbonyl (C=O) groups is 3. The van der Waals surface area contributed by atoms with E-state index >= 15 is 0 Å². The third kappa shape index (κ3) is 4.50. The zero-order chi connectivity index (χ0) is 24.5. The first kappa shape index (κ1) is 23.8. The van der Waals surface area contributed by atoms with Crippen LogP contribution in [0.3, 0.4) is 0 Å². The number of nitrogens with zero attached hydrogens (tertiary/aromatic N) is 1. The summed E-state index contributed by atoms with van der Waals surface area (Å²) in [6.45, 7) is 4.49. The monoisotopic (exact) mass is 466 g/mol. The minimum Gasteiger partial charge on any atom is -0.481 e. The van der Waals surface area contributed by atoms with E-state index in [1.165, 1.54) is 4.90 Å². The number of nitrogens with one attached hydrogen (secondary N) is 1. The van der Waals surface area contributed by atoms with Crippen LogP contribution in [0.2, 0.25) is 0 Å². The minimum atomic E-state index is -1.25. The number of ether oxygens (including phenoxy) is 1. The molecule has 1 fully saturated rings. The van der Waals surface area contributed by atoms with E-state index in [-0.39, 0.29) is 25.0 Å². The fraction of sp³-hybridized carbons (Fsp3) is 0.423. The predicted octanol–water partition coefficient (Wildman–Crippen LogP) is 2.85. The second-order valence-corrected chi connectivity index (χ2v) is 9.55. The summed E-state index contributed by atoms with van der Waals surface area (Å²) < 4.78 is 5.49. The topological polar surface area (TPSA) is 116 Å². The summed E-state index contributed by atoms with van der Waals surface area (Å²) in [5.74, 6) is -1.78. The van der Waals surface area contributed by atoms with Crippen molar-refractivity contribution >= 4 is 18.0 Å². The molecule has 0 radical (unpaired) electrons. The number of hydrogen-bond acceptors (Lipinski definition) is 5. The Bertz CT molecular complexity index is 1060. The van der Waals surface area contributed by atoms with E-state index in [1.807, 2.05) is 62.4 Å². The summed E-state index contributed by atoms with van der Waals surface area (Å²) in [7, 11) is 0. The molecule has 3 unspecified atom stereocenters. The summed E-state index contributed by atoms with van der Waals surface area (Å²) in [6, 6.07) is 14.6. The third-order valence-corrected chi connectivity index (χ3v) is 7.22. The third-order valence-electron chi connectivity index (χ3n) is 7.22. The number of benzene rings is 2. The van der Waals surface area contributed by atoms with E-state index in [1.54, 1.807) is 0 Å². The number of rotatable bonds is 7. The summed E-state index contributed by atoms with van der Waals surface area (Å²) in [6.07, 6.45) is -1.39. The van der Waals surface area contributed by atoms with Crippen molar-refractivity contribution in [1.29, 1.82) is 0 Å². The van der Waals surface area contributed by atoms with Gasteiger partial charge in [0.15, 0.2) is 0 Å². The molecule has 4 rings (SSSR count). The number of aliphatic hydroxyl groups is 1. The highest BCUT2D eigenvalue weighted by molar-refractivity contribution is 5.89. The molecule has 2 amide bonds. The van der Waals surface area contributed by atoms with Gasteiger partial charge >= 0.3 is 12.1 Å². The van der Waals surface area contributed by atoms with Gasteiger partial charge in [0.05, 0.1) is 13.0 Å². The van der Waals surface area contributed by atoms with Crippen LogP contribution in [0.25, 0.3) is 11.1 Å². The zero-order valence-corrected chi connectivity index (χ0v) is 19.4. The van der Waals surface area contributed by atoms with Crippen LogP contribution in [0.15, 0.2) is 48.5 Å². The van der Waals surface area contributed by atoms with E-state index in [9.17, 15) is 24.6 Å². The molecular formula is C26H30N2O6. The second kappa shape index (κ2) is 9.46. The van der Waals surface area contributed by atoms with Crippen molar-refractivity contribution in [3.05, 3.63) is 59.7 Å². The summed E-state index contributed by atoms with van der Waals surface area (Å²) >= 11 is 0. The van der Waals surface area contributed by atoms with Crippen LogP contribution in [0.1, 0.15) is 37.3 Å². The first-order valence-corrected chi connectivity index (χ1v) is 11.5. The van der Waals surface area contributed by atoms with E-state index < -0.39 is 35.8 Å². The lowest BCUT2D eigenvalue weighted by Gasteiger charge is -2.26. The zero-order valence-electron chi connectivity index (χ0n) is 19.4. The molecule has 0 aromatic heterocycles. The SMILES string of the molecule is CC1CN(C(=O)C(CC(=O)O)NC(=O)OCC2c3ccccc3-c3ccccc32)CC1(C)CO. The Kier molecular flexibility index (Phi) is 6.61. The maximum absolute atomic E-state index is 13.1. The lowest BCUT2D eigenvalue weighted by atomic mass is 9.82. The van der Waals surface area contributed by atoms with Crippen LogP contribution in [-0.4, -0.2) is 65.4 Å². The van der Waals surface area contributed by atoms with Gasteiger partial charge in [0.2, 0.25) is 5.91 Å². The maximum Gasteiger partial charge on any atom is 0.407 e. The van der Waals surface area contributed by atoms with Crippen LogP contribution >= 0.6 is 0 Å². The van der Waals surface area contributed by atoms with E-state index in [4.69, 9.17) is 4.74 Å². The molecule has 0 bridgehead atoms. The summed E-state index contributed by atoms with van der Waals surface area (Å²) in [5.41, 5.74) is 3.85. The molecule has 8 nitrogen and oxygen atoms in total. The molecule has 34 heavy (non-hydrogen) atoms. The molecular weight excluding hydrogens is 436 g/mol. The Labute approximate surface area is 198 Å². The number of amides is 2. The van der Waals surface area contributed by atoms with Crippen LogP contribution in [0, 0.1) is 11.3 Å². The van der Waals surface area contributed by atoms with Gasteiger partial charge in [-0.15, -0.1) is 0 Å². The van der Waals surface area contributed by atoms with Gasteiger partial charge in [-0.05, 0) is 28.2 Å². The number of carboxylic acid groups (broad SMARTS) is 1. The number of aliphatic carboxylic acids is 1. The average molecular weight is 467 g/mol. The second-order valence-electron chi connectivity index (χ2n) is 9.55. The van der Waals surface area contributed by atoms with Gasteiger partial charge in [-0.25, -0.2) is 4.79 Å². The lowest BCUT2D eigenvalue weighted by Crippen LogP contribution is -2.49. The van der Waals surface area contributed by atoms with Gasteiger partial charge in [-0.2, -0.15) is 0 Å². The summed E-state index contributed by atoms with van der Waals surface area (Å²) in [4.78, 5) is 38.6. The van der Waals surface area contributed by atoms with Gasteiger partial charge in [-0.3, -0.25) is 9.59 Å². The highest BCUT2D eigenvalue weighted by atomic mass is 16.5. The van der Waals surface area contributed by atoms with Crippen molar-refractivity contribution < 1.29 is 29.3 Å². The van der Waals surface area contributed by atoms with Crippen molar-refractivity contribution in [1.82, 2.24) is 10.2 Å². The Morgan fingerprint density at radius 2 is 1.71 bits per heavy atom. The van der Waals surface area contributed by atoms with Gasteiger partial charge in [-0.1, -0.05) is 62.4 Å². The Hall–Kier alpha value is -3.39. The molecule has 2 aliphatic rings. The largest absolute Gasteiger partial charge is 0.481 e. The number of carboxylic acids is 1. The Morgan fingerprint density at radius 1 is 1.12 bits per heavy atom. The van der Waals surface area contributed by atoms with Crippen LogP contribution in [0.4, 0.5) is 4.79 Å². The molecule has 3 atom stereocenters. The standard InChI is InChI=1S/C26H30N2O6/c1-16-12-28(14-26(16,2)15-29)24(32)22(11-23(30)31)27-25(33)34-13-21-19-9-5-3-7-17(19)18-8-4-6-10-20(18)21/h3-10,16,21-22,29H,11-15H2,1-2H3,(H,27,33)(H,30,31). The van der Waals surface area contributed by atoms with Crippen LogP contribution in [-0.2, 0) is 14.3 Å². The highest BCUT2D eigenvalue weighted by Crippen LogP contribution is 2.44. The van der Waals surface area contributed by atoms with Gasteiger partial charge in [0.25, 0.3) is 0 Å². The number of aliphatic hydroxyl groups excluding tert-OH is 1. The fourth-order valence-electron chi connectivity index (χ4n) is 4.96. The van der Waals surface area contributed by atoms with Crippen LogP contribution in [0.5, 0.6) is 0 Å². The van der Waals surface area contributed by atoms with Crippen LogP contribution < -0.4 is 5.32 Å². The normalized spacial score (nSPS) is 22.1. The molecule has 0 saturated carbocycles. The number of fused-ring (bicyclic) bond motifs is 3. The number of carbonyl (C=O) groups excluding carboxylic acids is 2. The average Bonchev–Trinajstić information content (AvgIpc) is 3.31. The molecule has 1 aliphatic carbocycles. The number of hydrogen-bond donors (Lipinski definition) is 3. The molecule has 1 aliphatic heterocycles. The minimum absolute atomic E-state index is 0.0429. The molecule has 1 heterocycles. The van der Waals surface area contributed by atoms with Crippen molar-refractivity contribution in [3.8, 4) is 11.1 Å². The van der Waals surface area contributed by atoms with Crippen molar-refractivity contribution in [2.45, 2.75) is 32.2 Å². The molecule has 8 heteroatoms. The molecule has 1 saturated heterocycles. The van der Waals surface area contributed by atoms with Gasteiger partial charge in [0, 0.05) is 24.4 Å². The van der Waals surface area contributed by atoms with E-state index in [0.717, 1.165) is 22.3 Å². The fourth-order valence-corrected chi connectivity index (χ4v) is 4.96. The molecule has 3 N–H and O–H groups in total. The lowest BCUT2D eigenvalue weighted by molar-refractivity contribution is -0.142. The molecule has 180 valence electrons. The highest BCUT2D eigenvalue weighted by Gasteiger charge is 2.43. The Balaban J connectivity index is 1.43. The molecule has 2 aromatic rings.